The number of sulfonamides is 1. The van der Waals surface area contributed by atoms with Crippen LogP contribution < -0.4 is 5.32 Å². The minimum atomic E-state index is -3.39. The Morgan fingerprint density at radius 1 is 0.929 bits per heavy atom. The number of hydrogen-bond acceptors (Lipinski definition) is 3. The number of benzene rings is 2. The van der Waals surface area contributed by atoms with Gasteiger partial charge in [0.1, 0.15) is 0 Å². The van der Waals surface area contributed by atoms with E-state index in [2.05, 4.69) is 12.2 Å². The Hall–Kier alpha value is -2.18. The first-order valence-electron chi connectivity index (χ1n) is 10.0. The molecule has 1 fully saturated rings. The quantitative estimate of drug-likeness (QED) is 0.680. The number of carbonyl (C=O) groups excluding carboxylic acids is 1. The molecule has 1 amide bonds. The minimum absolute atomic E-state index is 0.0605. The molecule has 2 aromatic carbocycles. The van der Waals surface area contributed by atoms with Crippen molar-refractivity contribution >= 4 is 15.9 Å². The predicted molar refractivity (Wildman–Crippen MR) is 112 cm³/mol. The highest BCUT2D eigenvalue weighted by atomic mass is 32.2. The van der Waals surface area contributed by atoms with E-state index in [4.69, 9.17) is 0 Å². The van der Waals surface area contributed by atoms with Crippen molar-refractivity contribution < 1.29 is 13.2 Å². The largest absolute Gasteiger partial charge is 0.352 e. The van der Waals surface area contributed by atoms with E-state index in [-0.39, 0.29) is 5.91 Å². The maximum Gasteiger partial charge on any atom is 0.251 e. The summed E-state index contributed by atoms with van der Waals surface area (Å²) in [6.45, 7) is 4.04. The van der Waals surface area contributed by atoms with Crippen molar-refractivity contribution in [3.8, 4) is 11.1 Å². The number of nitrogens with zero attached hydrogens (tertiary/aromatic N) is 1. The van der Waals surface area contributed by atoms with Gasteiger partial charge in [-0.1, -0.05) is 44.0 Å². The van der Waals surface area contributed by atoms with Crippen molar-refractivity contribution in [2.45, 2.75) is 43.9 Å². The second kappa shape index (κ2) is 9.34. The molecule has 1 N–H and O–H groups in total. The fraction of sp³-hybridized carbons (Fsp3) is 0.409. The van der Waals surface area contributed by atoms with Crippen molar-refractivity contribution in [1.29, 1.82) is 0 Å². The summed E-state index contributed by atoms with van der Waals surface area (Å²) in [5, 5.41) is 2.93. The molecule has 1 heterocycles. The summed E-state index contributed by atoms with van der Waals surface area (Å²) < 4.78 is 26.8. The zero-order chi connectivity index (χ0) is 20.0. The van der Waals surface area contributed by atoms with E-state index in [1.807, 2.05) is 24.3 Å². The lowest BCUT2D eigenvalue weighted by Crippen LogP contribution is -2.27. The maximum absolute atomic E-state index is 12.6. The van der Waals surface area contributed by atoms with Crippen LogP contribution in [0.1, 0.15) is 49.4 Å². The number of amides is 1. The van der Waals surface area contributed by atoms with Crippen molar-refractivity contribution in [2.75, 3.05) is 19.6 Å². The fourth-order valence-corrected chi connectivity index (χ4v) is 4.91. The van der Waals surface area contributed by atoms with E-state index in [1.165, 1.54) is 0 Å². The molecular formula is C22H28N2O3S. The van der Waals surface area contributed by atoms with Crippen molar-refractivity contribution in [3.05, 3.63) is 54.1 Å². The van der Waals surface area contributed by atoms with Gasteiger partial charge in [-0.2, -0.15) is 4.31 Å². The van der Waals surface area contributed by atoms with Crippen LogP contribution in [0, 0.1) is 0 Å². The molecule has 6 heteroatoms. The molecule has 0 spiro atoms. The Labute approximate surface area is 167 Å². The van der Waals surface area contributed by atoms with Gasteiger partial charge in [0, 0.05) is 25.2 Å². The molecule has 0 unspecified atom stereocenters. The van der Waals surface area contributed by atoms with Gasteiger partial charge in [0.15, 0.2) is 0 Å². The Morgan fingerprint density at radius 2 is 1.50 bits per heavy atom. The highest BCUT2D eigenvalue weighted by Gasteiger charge is 2.26. The van der Waals surface area contributed by atoms with Gasteiger partial charge in [-0.15, -0.1) is 0 Å². The number of nitrogens with one attached hydrogen (secondary N) is 1. The molecule has 3 rings (SSSR count). The first kappa shape index (κ1) is 20.6. The molecule has 0 aromatic heterocycles. The molecule has 1 aliphatic heterocycles. The summed E-state index contributed by atoms with van der Waals surface area (Å²) in [7, 11) is -3.39. The summed E-state index contributed by atoms with van der Waals surface area (Å²) in [6.07, 6.45) is 5.09. The normalized spacial score (nSPS) is 14.9. The first-order chi connectivity index (χ1) is 13.5. The van der Waals surface area contributed by atoms with Crippen LogP contribution in [-0.2, 0) is 10.0 Å². The molecule has 1 saturated heterocycles. The summed E-state index contributed by atoms with van der Waals surface area (Å²) in [4.78, 5) is 12.5. The van der Waals surface area contributed by atoms with Crippen molar-refractivity contribution in [3.63, 3.8) is 0 Å². The lowest BCUT2D eigenvalue weighted by molar-refractivity contribution is 0.0953. The Kier molecular flexibility index (Phi) is 6.86. The Morgan fingerprint density at radius 3 is 2.07 bits per heavy atom. The van der Waals surface area contributed by atoms with Gasteiger partial charge in [-0.05, 0) is 54.7 Å². The second-order valence-electron chi connectivity index (χ2n) is 7.18. The Balaban J connectivity index is 1.66. The molecule has 0 saturated carbocycles. The Bertz CT molecular complexity index is 884. The molecule has 1 aliphatic rings. The van der Waals surface area contributed by atoms with Crippen LogP contribution in [0.2, 0.25) is 0 Å². The van der Waals surface area contributed by atoms with Gasteiger partial charge in [0.05, 0.1) is 4.90 Å². The van der Waals surface area contributed by atoms with Gasteiger partial charge < -0.3 is 5.32 Å². The third kappa shape index (κ3) is 4.80. The smallest absolute Gasteiger partial charge is 0.251 e. The van der Waals surface area contributed by atoms with E-state index in [0.29, 0.717) is 30.1 Å². The van der Waals surface area contributed by atoms with Crippen LogP contribution in [0.3, 0.4) is 0 Å². The van der Waals surface area contributed by atoms with Gasteiger partial charge >= 0.3 is 0 Å². The van der Waals surface area contributed by atoms with Crippen LogP contribution in [0.5, 0.6) is 0 Å². The molecule has 28 heavy (non-hydrogen) atoms. The molecule has 0 atom stereocenters. The van der Waals surface area contributed by atoms with Crippen molar-refractivity contribution in [2.24, 2.45) is 0 Å². The first-order valence-corrected chi connectivity index (χ1v) is 11.5. The highest BCUT2D eigenvalue weighted by Crippen LogP contribution is 2.25. The van der Waals surface area contributed by atoms with E-state index in [9.17, 15) is 13.2 Å². The zero-order valence-corrected chi connectivity index (χ0v) is 17.2. The van der Waals surface area contributed by atoms with E-state index in [1.54, 1.807) is 28.6 Å². The third-order valence-corrected chi connectivity index (χ3v) is 7.02. The summed E-state index contributed by atoms with van der Waals surface area (Å²) in [5.41, 5.74) is 2.51. The minimum Gasteiger partial charge on any atom is -0.352 e. The standard InChI is InChI=1S/C22H28N2O3S/c1-2-3-4-15-23-22(25)20-9-7-18(8-10-20)19-11-13-21(14-12-19)28(26,27)24-16-5-6-17-24/h7-14H,2-6,15-17H2,1H3,(H,23,25). The average Bonchev–Trinajstić information content (AvgIpc) is 3.27. The summed E-state index contributed by atoms with van der Waals surface area (Å²) in [5.74, 6) is -0.0605. The SMILES string of the molecule is CCCCCNC(=O)c1ccc(-c2ccc(S(=O)(=O)N3CCCC3)cc2)cc1. The molecule has 150 valence electrons. The average molecular weight is 401 g/mol. The summed E-state index contributed by atoms with van der Waals surface area (Å²) in [6, 6.07) is 14.4. The number of hydrogen-bond donors (Lipinski definition) is 1. The second-order valence-corrected chi connectivity index (χ2v) is 9.11. The van der Waals surface area contributed by atoms with Crippen LogP contribution >= 0.6 is 0 Å². The highest BCUT2D eigenvalue weighted by molar-refractivity contribution is 7.89. The van der Waals surface area contributed by atoms with Crippen LogP contribution in [0.4, 0.5) is 0 Å². The van der Waals surface area contributed by atoms with Crippen molar-refractivity contribution in [1.82, 2.24) is 9.62 Å². The van der Waals surface area contributed by atoms with Gasteiger partial charge in [0.25, 0.3) is 5.91 Å². The monoisotopic (exact) mass is 400 g/mol. The molecule has 0 bridgehead atoms. The zero-order valence-electron chi connectivity index (χ0n) is 16.4. The van der Waals surface area contributed by atoms with E-state index < -0.39 is 10.0 Å². The van der Waals surface area contributed by atoms with Crippen LogP contribution in [-0.4, -0.2) is 38.3 Å². The lowest BCUT2D eigenvalue weighted by Gasteiger charge is -2.15. The maximum atomic E-state index is 12.6. The number of carbonyl (C=O) groups is 1. The molecule has 0 radical (unpaired) electrons. The van der Waals surface area contributed by atoms with E-state index in [0.717, 1.165) is 43.2 Å². The van der Waals surface area contributed by atoms with Crippen LogP contribution in [0.15, 0.2) is 53.4 Å². The molecular weight excluding hydrogens is 372 g/mol. The summed E-state index contributed by atoms with van der Waals surface area (Å²) >= 11 is 0. The van der Waals surface area contributed by atoms with Gasteiger partial charge in [-0.25, -0.2) is 8.42 Å². The molecule has 0 aliphatic carbocycles. The van der Waals surface area contributed by atoms with Crippen LogP contribution in [0.25, 0.3) is 11.1 Å². The third-order valence-electron chi connectivity index (χ3n) is 5.10. The number of rotatable bonds is 8. The fourth-order valence-electron chi connectivity index (χ4n) is 3.39. The molecule has 5 nitrogen and oxygen atoms in total. The number of unbranched alkanes of at least 4 members (excludes halogenated alkanes) is 2. The van der Waals surface area contributed by atoms with E-state index >= 15 is 0 Å². The lowest BCUT2D eigenvalue weighted by atomic mass is 10.0. The van der Waals surface area contributed by atoms with Gasteiger partial charge in [0.2, 0.25) is 10.0 Å². The predicted octanol–water partition coefficient (Wildman–Crippen LogP) is 4.06. The molecule has 2 aromatic rings. The topological polar surface area (TPSA) is 66.5 Å². The van der Waals surface area contributed by atoms with Gasteiger partial charge in [-0.3, -0.25) is 4.79 Å².